The van der Waals surface area contributed by atoms with E-state index in [1.54, 1.807) is 5.57 Å². The van der Waals surface area contributed by atoms with E-state index >= 15 is 0 Å². The molecule has 0 aromatic heterocycles. The van der Waals surface area contributed by atoms with Gasteiger partial charge < -0.3 is 4.74 Å². The fourth-order valence-electron chi connectivity index (χ4n) is 8.07. The van der Waals surface area contributed by atoms with E-state index < -0.39 is 0 Å². The van der Waals surface area contributed by atoms with E-state index in [1.165, 1.54) is 63.4 Å². The number of hydrogen-bond donors (Lipinski definition) is 0. The number of allylic oxidation sites excluding steroid dienone is 2. The molecular weight excluding hydrogens is 340 g/mol. The number of fused-ring (bicyclic) bond motifs is 5. The van der Waals surface area contributed by atoms with E-state index in [0.717, 1.165) is 36.2 Å². The number of ether oxygens (including phenoxy) is 1. The lowest BCUT2D eigenvalue weighted by Crippen LogP contribution is -2.48. The van der Waals surface area contributed by atoms with Gasteiger partial charge in [-0.1, -0.05) is 48.9 Å². The van der Waals surface area contributed by atoms with Crippen LogP contribution in [0.25, 0.3) is 0 Å². The predicted octanol–water partition coefficient (Wildman–Crippen LogP) is 7.17. The van der Waals surface area contributed by atoms with Crippen LogP contribution < -0.4 is 0 Å². The van der Waals surface area contributed by atoms with Crippen molar-refractivity contribution in [1.82, 2.24) is 0 Å². The van der Waals surface area contributed by atoms with Crippen molar-refractivity contribution in [2.75, 3.05) is 0 Å². The van der Waals surface area contributed by atoms with Crippen LogP contribution in [0.2, 0.25) is 0 Å². The van der Waals surface area contributed by atoms with E-state index in [2.05, 4.69) is 50.3 Å². The van der Waals surface area contributed by atoms with Gasteiger partial charge in [-0.05, 0) is 105 Å². The topological polar surface area (TPSA) is 9.23 Å². The summed E-state index contributed by atoms with van der Waals surface area (Å²) in [7, 11) is 0. The molecule has 28 heavy (non-hydrogen) atoms. The quantitative estimate of drug-likeness (QED) is 0.507. The molecule has 4 saturated carbocycles. The molecule has 0 amide bonds. The molecular formula is C27H38O. The van der Waals surface area contributed by atoms with E-state index in [9.17, 15) is 0 Å². The molecule has 5 rings (SSSR count). The Morgan fingerprint density at radius 3 is 2.61 bits per heavy atom. The third-order valence-corrected chi connectivity index (χ3v) is 9.43. The Balaban J connectivity index is 1.22. The molecule has 0 N–H and O–H groups in total. The largest absolute Gasteiger partial charge is 0.374 e. The molecule has 4 fully saturated rings. The highest BCUT2D eigenvalue weighted by atomic mass is 16.5. The van der Waals surface area contributed by atoms with Crippen LogP contribution in [0.5, 0.6) is 0 Å². The number of benzene rings is 1. The van der Waals surface area contributed by atoms with Gasteiger partial charge in [0.1, 0.15) is 0 Å². The van der Waals surface area contributed by atoms with E-state index in [-0.39, 0.29) is 0 Å². The summed E-state index contributed by atoms with van der Waals surface area (Å²) in [5.74, 6) is 4.94. The van der Waals surface area contributed by atoms with E-state index in [0.29, 0.717) is 11.5 Å². The third kappa shape index (κ3) is 3.18. The van der Waals surface area contributed by atoms with Crippen molar-refractivity contribution < 1.29 is 4.74 Å². The maximum absolute atomic E-state index is 6.36. The SMILES string of the molecule is C/C=C1/CC[C@H]2[C@@H]3CC[C@@H]4C[C@H](OCc5ccccc5)CC[C@@H]4[C@H]3CC[C@]12C. The first-order valence-corrected chi connectivity index (χ1v) is 12.0. The Hall–Kier alpha value is -1.08. The second kappa shape index (κ2) is 7.63. The molecule has 1 nitrogen and oxygen atoms in total. The van der Waals surface area contributed by atoms with Gasteiger partial charge in [0.15, 0.2) is 0 Å². The van der Waals surface area contributed by atoms with Gasteiger partial charge in [-0.2, -0.15) is 0 Å². The summed E-state index contributed by atoms with van der Waals surface area (Å²) in [4.78, 5) is 0. The summed E-state index contributed by atoms with van der Waals surface area (Å²) in [6.07, 6.45) is 15.7. The molecule has 0 heterocycles. The zero-order chi connectivity index (χ0) is 19.1. The molecule has 0 bridgehead atoms. The fourth-order valence-corrected chi connectivity index (χ4v) is 8.07. The van der Waals surface area contributed by atoms with Crippen LogP contribution in [0.15, 0.2) is 42.0 Å². The molecule has 1 aromatic carbocycles. The maximum atomic E-state index is 6.36. The highest BCUT2D eigenvalue weighted by Gasteiger charge is 2.55. The van der Waals surface area contributed by atoms with Crippen molar-refractivity contribution in [2.45, 2.75) is 84.3 Å². The van der Waals surface area contributed by atoms with Crippen molar-refractivity contribution in [2.24, 2.45) is 35.0 Å². The monoisotopic (exact) mass is 378 g/mol. The van der Waals surface area contributed by atoms with Crippen LogP contribution in [0.3, 0.4) is 0 Å². The van der Waals surface area contributed by atoms with Crippen molar-refractivity contribution >= 4 is 0 Å². The zero-order valence-corrected chi connectivity index (χ0v) is 17.9. The minimum absolute atomic E-state index is 0.493. The van der Waals surface area contributed by atoms with Gasteiger partial charge in [0.25, 0.3) is 0 Å². The Morgan fingerprint density at radius 2 is 1.79 bits per heavy atom. The lowest BCUT2D eigenvalue weighted by atomic mass is 9.50. The van der Waals surface area contributed by atoms with Gasteiger partial charge in [0, 0.05) is 0 Å². The molecule has 1 heteroatoms. The molecule has 1 aromatic rings. The minimum atomic E-state index is 0.493. The molecule has 4 aliphatic carbocycles. The van der Waals surface area contributed by atoms with Crippen LogP contribution in [-0.4, -0.2) is 6.10 Å². The highest BCUT2D eigenvalue weighted by Crippen LogP contribution is 2.64. The van der Waals surface area contributed by atoms with E-state index in [1.807, 2.05) is 0 Å². The summed E-state index contributed by atoms with van der Waals surface area (Å²) in [5.41, 5.74) is 3.65. The molecule has 4 aliphatic rings. The average molecular weight is 379 g/mol. The summed E-state index contributed by atoms with van der Waals surface area (Å²) in [6.45, 7) is 5.68. The van der Waals surface area contributed by atoms with Gasteiger partial charge in [-0.25, -0.2) is 0 Å². The van der Waals surface area contributed by atoms with Crippen molar-refractivity contribution in [3.8, 4) is 0 Å². The van der Waals surface area contributed by atoms with Gasteiger partial charge in [0.2, 0.25) is 0 Å². The van der Waals surface area contributed by atoms with Gasteiger partial charge in [-0.3, -0.25) is 0 Å². The Kier molecular flexibility index (Phi) is 5.16. The molecule has 7 atom stereocenters. The van der Waals surface area contributed by atoms with Gasteiger partial charge in [0.05, 0.1) is 12.7 Å². The highest BCUT2D eigenvalue weighted by molar-refractivity contribution is 5.23. The average Bonchev–Trinajstić information content (AvgIpc) is 3.09. The Labute approximate surface area is 171 Å². The maximum Gasteiger partial charge on any atom is 0.0720 e. The zero-order valence-electron chi connectivity index (χ0n) is 17.9. The first-order chi connectivity index (χ1) is 13.7. The summed E-state index contributed by atoms with van der Waals surface area (Å²) in [6, 6.07) is 10.7. The van der Waals surface area contributed by atoms with E-state index in [4.69, 9.17) is 4.74 Å². The molecule has 152 valence electrons. The predicted molar refractivity (Wildman–Crippen MR) is 116 cm³/mol. The normalized spacial score (nSPS) is 44.0. The van der Waals surface area contributed by atoms with Crippen LogP contribution in [0, 0.1) is 35.0 Å². The fraction of sp³-hybridized carbons (Fsp3) is 0.704. The van der Waals surface area contributed by atoms with Gasteiger partial charge in [-0.15, -0.1) is 0 Å². The van der Waals surface area contributed by atoms with Crippen LogP contribution in [0.4, 0.5) is 0 Å². The second-order valence-corrected chi connectivity index (χ2v) is 10.5. The number of hydrogen-bond acceptors (Lipinski definition) is 1. The molecule has 0 unspecified atom stereocenters. The lowest BCUT2D eigenvalue weighted by Gasteiger charge is -2.55. The lowest BCUT2D eigenvalue weighted by molar-refractivity contribution is -0.0793. The van der Waals surface area contributed by atoms with Crippen molar-refractivity contribution in [1.29, 1.82) is 0 Å². The molecule has 0 saturated heterocycles. The molecule has 0 aliphatic heterocycles. The summed E-state index contributed by atoms with van der Waals surface area (Å²) in [5, 5.41) is 0. The van der Waals surface area contributed by atoms with Gasteiger partial charge >= 0.3 is 0 Å². The summed E-state index contributed by atoms with van der Waals surface area (Å²) < 4.78 is 6.36. The van der Waals surface area contributed by atoms with Crippen molar-refractivity contribution in [3.63, 3.8) is 0 Å². The van der Waals surface area contributed by atoms with Crippen molar-refractivity contribution in [3.05, 3.63) is 47.5 Å². The first-order valence-electron chi connectivity index (χ1n) is 12.0. The first kappa shape index (κ1) is 18.9. The van der Waals surface area contributed by atoms with Crippen LogP contribution in [-0.2, 0) is 11.3 Å². The van der Waals surface area contributed by atoms with Crippen LogP contribution >= 0.6 is 0 Å². The molecule has 0 spiro atoms. The second-order valence-electron chi connectivity index (χ2n) is 10.5. The Bertz CT molecular complexity index is 706. The van der Waals surface area contributed by atoms with Crippen LogP contribution in [0.1, 0.15) is 77.2 Å². The minimum Gasteiger partial charge on any atom is -0.374 e. The molecule has 0 radical (unpaired) electrons. The smallest absolute Gasteiger partial charge is 0.0720 e. The standard InChI is InChI=1S/C27H38O/c1-3-21-10-14-26-25-12-9-20-17-22(28-18-19-7-5-4-6-8-19)11-13-23(20)24(25)15-16-27(21,26)2/h3-8,20,22-26H,9-18H2,1-2H3/b21-3-/t20-,22-,23+,24-,25-,26+,27-/m1/s1. The summed E-state index contributed by atoms with van der Waals surface area (Å²) >= 11 is 0. The number of rotatable bonds is 3. The Morgan fingerprint density at radius 1 is 0.964 bits per heavy atom. The third-order valence-electron chi connectivity index (χ3n) is 9.43.